The number of carbonyl (C=O) groups excluding carboxylic acids is 1. The van der Waals surface area contributed by atoms with Gasteiger partial charge in [0.1, 0.15) is 5.75 Å². The van der Waals surface area contributed by atoms with Crippen molar-refractivity contribution in [2.75, 3.05) is 6.61 Å². The molecular weight excluding hydrogens is 211 g/mol. The van der Waals surface area contributed by atoms with Gasteiger partial charge >= 0.3 is 6.18 Å². The summed E-state index contributed by atoms with van der Waals surface area (Å²) in [5.74, 6) is -0.347. The number of halogens is 3. The van der Waals surface area contributed by atoms with Crippen LogP contribution in [0, 0.1) is 0 Å². The molecular formula is C9H8F3NO2. The molecule has 0 N–H and O–H groups in total. The Labute approximate surface area is 83.9 Å². The second-order valence-electron chi connectivity index (χ2n) is 2.87. The van der Waals surface area contributed by atoms with E-state index in [4.69, 9.17) is 0 Å². The predicted molar refractivity (Wildman–Crippen MR) is 45.8 cm³/mol. The molecule has 15 heavy (non-hydrogen) atoms. The van der Waals surface area contributed by atoms with Crippen LogP contribution in [0.2, 0.25) is 0 Å². The highest BCUT2D eigenvalue weighted by atomic mass is 19.4. The molecule has 0 radical (unpaired) electrons. The normalized spacial score (nSPS) is 11.2. The van der Waals surface area contributed by atoms with E-state index >= 15 is 0 Å². The molecule has 0 aromatic carbocycles. The lowest BCUT2D eigenvalue weighted by Crippen LogP contribution is -2.19. The van der Waals surface area contributed by atoms with Crippen molar-refractivity contribution in [3.8, 4) is 5.75 Å². The van der Waals surface area contributed by atoms with Crippen LogP contribution in [0.15, 0.2) is 18.5 Å². The Bertz CT molecular complexity index is 363. The van der Waals surface area contributed by atoms with Crippen LogP contribution in [-0.2, 0) is 0 Å². The molecule has 0 aliphatic rings. The van der Waals surface area contributed by atoms with Crippen LogP contribution in [0.4, 0.5) is 13.2 Å². The number of carbonyl (C=O) groups is 1. The second kappa shape index (κ2) is 4.29. The standard InChI is InChI=1S/C9H8F3NO2/c1-6(14)7-2-8(4-13-3-7)15-5-9(10,11)12/h2-4H,5H2,1H3. The Morgan fingerprint density at radius 2 is 2.13 bits per heavy atom. The average Bonchev–Trinajstić information content (AvgIpc) is 2.14. The largest absolute Gasteiger partial charge is 0.482 e. The van der Waals surface area contributed by atoms with Crippen molar-refractivity contribution in [1.82, 2.24) is 4.98 Å². The zero-order valence-corrected chi connectivity index (χ0v) is 7.84. The molecule has 1 heterocycles. The molecule has 1 rings (SSSR count). The molecule has 0 bridgehead atoms. The Morgan fingerprint density at radius 3 is 2.67 bits per heavy atom. The van der Waals surface area contributed by atoms with E-state index in [1.165, 1.54) is 19.2 Å². The highest BCUT2D eigenvalue weighted by Gasteiger charge is 2.28. The highest BCUT2D eigenvalue weighted by molar-refractivity contribution is 5.94. The first-order valence-corrected chi connectivity index (χ1v) is 4.04. The number of ether oxygens (including phenoxy) is 1. The smallest absolute Gasteiger partial charge is 0.422 e. The summed E-state index contributed by atoms with van der Waals surface area (Å²) in [6.45, 7) is -0.0966. The van der Waals surface area contributed by atoms with Gasteiger partial charge in [0.05, 0.1) is 6.20 Å². The van der Waals surface area contributed by atoms with E-state index in [1.54, 1.807) is 0 Å². The van der Waals surface area contributed by atoms with Gasteiger partial charge in [-0.3, -0.25) is 9.78 Å². The Kier molecular flexibility index (Phi) is 3.28. The molecule has 0 saturated carbocycles. The third-order valence-corrected chi connectivity index (χ3v) is 1.52. The van der Waals surface area contributed by atoms with Crippen molar-refractivity contribution < 1.29 is 22.7 Å². The number of aromatic nitrogens is 1. The predicted octanol–water partition coefficient (Wildman–Crippen LogP) is 2.23. The number of nitrogens with zero attached hydrogens (tertiary/aromatic N) is 1. The van der Waals surface area contributed by atoms with Crippen molar-refractivity contribution in [3.05, 3.63) is 24.0 Å². The van der Waals surface area contributed by atoms with Crippen LogP contribution >= 0.6 is 0 Å². The lowest BCUT2D eigenvalue weighted by atomic mass is 10.2. The Balaban J connectivity index is 2.70. The maximum absolute atomic E-state index is 11.8. The van der Waals surface area contributed by atoms with Gasteiger partial charge in [-0.05, 0) is 13.0 Å². The molecule has 0 spiro atoms. The van der Waals surface area contributed by atoms with Gasteiger partial charge in [0.25, 0.3) is 0 Å². The van der Waals surface area contributed by atoms with Gasteiger partial charge in [-0.25, -0.2) is 0 Å². The van der Waals surface area contributed by atoms with E-state index in [-0.39, 0.29) is 17.1 Å². The summed E-state index contributed by atoms with van der Waals surface area (Å²) < 4.78 is 39.8. The molecule has 0 aliphatic heterocycles. The topological polar surface area (TPSA) is 39.2 Å². The molecule has 6 heteroatoms. The number of hydrogen-bond acceptors (Lipinski definition) is 3. The monoisotopic (exact) mass is 219 g/mol. The Hall–Kier alpha value is -1.59. The van der Waals surface area contributed by atoms with Gasteiger partial charge in [0, 0.05) is 11.8 Å². The van der Waals surface area contributed by atoms with E-state index in [0.29, 0.717) is 0 Å². The van der Waals surface area contributed by atoms with Gasteiger partial charge in [-0.15, -0.1) is 0 Å². The highest BCUT2D eigenvalue weighted by Crippen LogP contribution is 2.18. The molecule has 0 unspecified atom stereocenters. The first-order valence-electron chi connectivity index (χ1n) is 4.04. The van der Waals surface area contributed by atoms with Crippen LogP contribution in [0.3, 0.4) is 0 Å². The van der Waals surface area contributed by atoms with Crippen molar-refractivity contribution in [2.24, 2.45) is 0 Å². The van der Waals surface area contributed by atoms with Gasteiger partial charge < -0.3 is 4.74 Å². The van der Waals surface area contributed by atoms with E-state index in [2.05, 4.69) is 9.72 Å². The van der Waals surface area contributed by atoms with E-state index < -0.39 is 12.8 Å². The minimum absolute atomic E-state index is 0.0694. The number of hydrogen-bond donors (Lipinski definition) is 0. The van der Waals surface area contributed by atoms with Crippen molar-refractivity contribution >= 4 is 5.78 Å². The fourth-order valence-electron chi connectivity index (χ4n) is 0.855. The maximum Gasteiger partial charge on any atom is 0.422 e. The number of Topliss-reactive ketones (excluding diaryl/α,β-unsaturated/α-hetero) is 1. The van der Waals surface area contributed by atoms with Crippen LogP contribution in [0.25, 0.3) is 0 Å². The first kappa shape index (κ1) is 11.5. The lowest BCUT2D eigenvalue weighted by Gasteiger charge is -2.08. The molecule has 0 saturated heterocycles. The van der Waals surface area contributed by atoms with Crippen LogP contribution in [0.1, 0.15) is 17.3 Å². The van der Waals surface area contributed by atoms with Crippen LogP contribution < -0.4 is 4.74 Å². The zero-order valence-electron chi connectivity index (χ0n) is 7.84. The zero-order chi connectivity index (χ0) is 11.5. The summed E-state index contributed by atoms with van der Waals surface area (Å²) in [5.41, 5.74) is 0.217. The summed E-state index contributed by atoms with van der Waals surface area (Å²) >= 11 is 0. The minimum Gasteiger partial charge on any atom is -0.482 e. The summed E-state index contributed by atoms with van der Waals surface area (Å²) in [5, 5.41) is 0. The van der Waals surface area contributed by atoms with Gasteiger partial charge in [0.15, 0.2) is 12.4 Å². The summed E-state index contributed by atoms with van der Waals surface area (Å²) in [7, 11) is 0. The third-order valence-electron chi connectivity index (χ3n) is 1.52. The van der Waals surface area contributed by atoms with Crippen LogP contribution in [-0.4, -0.2) is 23.6 Å². The van der Waals surface area contributed by atoms with Gasteiger partial charge in [0.2, 0.25) is 0 Å². The van der Waals surface area contributed by atoms with Gasteiger partial charge in [-0.2, -0.15) is 13.2 Å². The van der Waals surface area contributed by atoms with E-state index in [1.807, 2.05) is 0 Å². The second-order valence-corrected chi connectivity index (χ2v) is 2.87. The maximum atomic E-state index is 11.8. The fraction of sp³-hybridized carbons (Fsp3) is 0.333. The van der Waals surface area contributed by atoms with Crippen LogP contribution in [0.5, 0.6) is 5.75 Å². The summed E-state index contributed by atoms with van der Waals surface area (Å²) in [6.07, 6.45) is -2.01. The lowest BCUT2D eigenvalue weighted by molar-refractivity contribution is -0.153. The minimum atomic E-state index is -4.40. The molecule has 3 nitrogen and oxygen atoms in total. The quantitative estimate of drug-likeness (QED) is 0.731. The van der Waals surface area contributed by atoms with Crippen molar-refractivity contribution in [2.45, 2.75) is 13.1 Å². The molecule has 0 aliphatic carbocycles. The van der Waals surface area contributed by atoms with Crippen molar-refractivity contribution in [1.29, 1.82) is 0 Å². The molecule has 1 aromatic rings. The molecule has 82 valence electrons. The molecule has 0 amide bonds. The number of pyridine rings is 1. The number of alkyl halides is 3. The van der Waals surface area contributed by atoms with E-state index in [0.717, 1.165) is 6.20 Å². The molecule has 0 atom stereocenters. The van der Waals surface area contributed by atoms with Gasteiger partial charge in [-0.1, -0.05) is 0 Å². The number of rotatable bonds is 3. The number of ketones is 1. The third kappa shape index (κ3) is 3.97. The summed E-state index contributed by atoms with van der Waals surface area (Å²) in [6, 6.07) is 1.22. The molecule has 1 aromatic heterocycles. The summed E-state index contributed by atoms with van der Waals surface area (Å²) in [4.78, 5) is 14.5. The average molecular weight is 219 g/mol. The molecule has 0 fully saturated rings. The first-order chi connectivity index (χ1) is 6.88. The van der Waals surface area contributed by atoms with E-state index in [9.17, 15) is 18.0 Å². The fourth-order valence-corrected chi connectivity index (χ4v) is 0.855. The SMILES string of the molecule is CC(=O)c1cncc(OCC(F)(F)F)c1. The van der Waals surface area contributed by atoms with Crippen molar-refractivity contribution in [3.63, 3.8) is 0 Å². The Morgan fingerprint density at radius 1 is 1.47 bits per heavy atom.